The Kier molecular flexibility index (Phi) is 2.75. The minimum Gasteiger partial charge on any atom is -0.394 e. The second-order valence-corrected chi connectivity index (χ2v) is 4.64. The standard InChI is InChI=1S/C12H13N5O2/c18-6-12(3-4-12)16-11(19)9-1-2-10(14-5-9)17-8-13-7-15-17/h1-2,5,7-8,18H,3-4,6H2,(H,16,19). The van der Waals surface area contributed by atoms with Gasteiger partial charge in [-0.2, -0.15) is 5.10 Å². The van der Waals surface area contributed by atoms with Crippen LogP contribution >= 0.6 is 0 Å². The summed E-state index contributed by atoms with van der Waals surface area (Å²) >= 11 is 0. The van der Waals surface area contributed by atoms with Gasteiger partial charge in [-0.25, -0.2) is 14.6 Å². The van der Waals surface area contributed by atoms with Gasteiger partial charge in [-0.05, 0) is 25.0 Å². The smallest absolute Gasteiger partial charge is 0.253 e. The zero-order valence-corrected chi connectivity index (χ0v) is 10.2. The summed E-state index contributed by atoms with van der Waals surface area (Å²) in [6, 6.07) is 3.37. The van der Waals surface area contributed by atoms with E-state index in [2.05, 4.69) is 20.4 Å². The summed E-state index contributed by atoms with van der Waals surface area (Å²) in [6.45, 7) is -0.0246. The molecule has 0 aliphatic heterocycles. The molecule has 7 heteroatoms. The van der Waals surface area contributed by atoms with Crippen LogP contribution in [-0.2, 0) is 0 Å². The molecule has 0 unspecified atom stereocenters. The maximum absolute atomic E-state index is 12.0. The van der Waals surface area contributed by atoms with Gasteiger partial charge in [0.05, 0.1) is 17.7 Å². The summed E-state index contributed by atoms with van der Waals surface area (Å²) < 4.78 is 1.51. The Labute approximate surface area is 109 Å². The molecule has 1 aliphatic rings. The van der Waals surface area contributed by atoms with Crippen molar-refractivity contribution in [2.45, 2.75) is 18.4 Å². The van der Waals surface area contributed by atoms with E-state index in [4.69, 9.17) is 0 Å². The summed E-state index contributed by atoms with van der Waals surface area (Å²) in [7, 11) is 0. The molecule has 0 spiro atoms. The highest BCUT2D eigenvalue weighted by Crippen LogP contribution is 2.34. The normalized spacial score (nSPS) is 16.1. The molecule has 3 rings (SSSR count). The Morgan fingerprint density at radius 1 is 1.47 bits per heavy atom. The quantitative estimate of drug-likeness (QED) is 0.801. The average Bonchev–Trinajstić information content (AvgIpc) is 3.01. The molecule has 1 saturated carbocycles. The van der Waals surface area contributed by atoms with Crippen LogP contribution in [-0.4, -0.2) is 42.9 Å². The van der Waals surface area contributed by atoms with Crippen LogP contribution in [0, 0.1) is 0 Å². The fourth-order valence-electron chi connectivity index (χ4n) is 1.77. The third kappa shape index (κ3) is 2.32. The Morgan fingerprint density at radius 3 is 2.84 bits per heavy atom. The van der Waals surface area contributed by atoms with Crippen LogP contribution in [0.1, 0.15) is 23.2 Å². The van der Waals surface area contributed by atoms with Crippen molar-refractivity contribution in [3.63, 3.8) is 0 Å². The number of hydrogen-bond donors (Lipinski definition) is 2. The highest BCUT2D eigenvalue weighted by molar-refractivity contribution is 5.94. The number of amides is 1. The molecule has 2 aromatic heterocycles. The molecule has 98 valence electrons. The summed E-state index contributed by atoms with van der Waals surface area (Å²) in [4.78, 5) is 19.9. The van der Waals surface area contributed by atoms with Gasteiger partial charge in [-0.15, -0.1) is 0 Å². The van der Waals surface area contributed by atoms with E-state index in [9.17, 15) is 9.90 Å². The number of aromatic nitrogens is 4. The Bertz CT molecular complexity index is 575. The molecule has 0 aromatic carbocycles. The first-order valence-corrected chi connectivity index (χ1v) is 5.97. The Morgan fingerprint density at radius 2 is 2.32 bits per heavy atom. The molecule has 1 amide bonds. The maximum Gasteiger partial charge on any atom is 0.253 e. The van der Waals surface area contributed by atoms with Crippen molar-refractivity contribution >= 4 is 5.91 Å². The van der Waals surface area contributed by atoms with E-state index < -0.39 is 5.54 Å². The molecular formula is C12H13N5O2. The number of nitrogens with one attached hydrogen (secondary N) is 1. The molecule has 2 aromatic rings. The van der Waals surface area contributed by atoms with E-state index in [0.717, 1.165) is 12.8 Å². The molecular weight excluding hydrogens is 246 g/mol. The van der Waals surface area contributed by atoms with Gasteiger partial charge in [0.1, 0.15) is 12.7 Å². The van der Waals surface area contributed by atoms with Crippen molar-refractivity contribution in [1.29, 1.82) is 0 Å². The largest absolute Gasteiger partial charge is 0.394 e. The van der Waals surface area contributed by atoms with Crippen LogP contribution in [0.2, 0.25) is 0 Å². The summed E-state index contributed by atoms with van der Waals surface area (Å²) in [5, 5.41) is 15.9. The summed E-state index contributed by atoms with van der Waals surface area (Å²) in [5.41, 5.74) is 0.0466. The number of nitrogens with zero attached hydrogens (tertiary/aromatic N) is 4. The molecule has 0 atom stereocenters. The van der Waals surface area contributed by atoms with E-state index >= 15 is 0 Å². The molecule has 0 bridgehead atoms. The molecule has 0 saturated heterocycles. The van der Waals surface area contributed by atoms with E-state index in [1.54, 1.807) is 12.1 Å². The lowest BCUT2D eigenvalue weighted by Gasteiger charge is -2.14. The monoisotopic (exact) mass is 259 g/mol. The van der Waals surface area contributed by atoms with E-state index in [1.807, 2.05) is 0 Å². The van der Waals surface area contributed by atoms with Crippen molar-refractivity contribution in [2.75, 3.05) is 6.61 Å². The zero-order chi connectivity index (χ0) is 13.3. The fourth-order valence-corrected chi connectivity index (χ4v) is 1.77. The lowest BCUT2D eigenvalue weighted by Crippen LogP contribution is -2.39. The van der Waals surface area contributed by atoms with Crippen molar-refractivity contribution in [3.8, 4) is 5.82 Å². The van der Waals surface area contributed by atoms with Crippen molar-refractivity contribution < 1.29 is 9.90 Å². The van der Waals surface area contributed by atoms with Gasteiger partial charge in [-0.3, -0.25) is 4.79 Å². The molecule has 1 aliphatic carbocycles. The van der Waals surface area contributed by atoms with E-state index in [0.29, 0.717) is 11.4 Å². The topological polar surface area (TPSA) is 92.9 Å². The van der Waals surface area contributed by atoms with Gasteiger partial charge >= 0.3 is 0 Å². The number of pyridine rings is 1. The number of carbonyl (C=O) groups is 1. The van der Waals surface area contributed by atoms with Crippen LogP contribution in [0.15, 0.2) is 31.0 Å². The van der Waals surface area contributed by atoms with Crippen LogP contribution < -0.4 is 5.32 Å². The van der Waals surface area contributed by atoms with Gasteiger partial charge in [0, 0.05) is 6.20 Å². The summed E-state index contributed by atoms with van der Waals surface area (Å²) in [6.07, 6.45) is 6.08. The first kappa shape index (κ1) is 11.8. The number of carbonyl (C=O) groups excluding carboxylic acids is 1. The van der Waals surface area contributed by atoms with Crippen molar-refractivity contribution in [3.05, 3.63) is 36.5 Å². The summed E-state index contributed by atoms with van der Waals surface area (Å²) in [5.74, 6) is 0.376. The van der Waals surface area contributed by atoms with Gasteiger partial charge in [0.2, 0.25) is 0 Å². The van der Waals surface area contributed by atoms with Gasteiger partial charge in [0.15, 0.2) is 5.82 Å². The van der Waals surface area contributed by atoms with Crippen LogP contribution in [0.4, 0.5) is 0 Å². The fraction of sp³-hybridized carbons (Fsp3) is 0.333. The third-order valence-corrected chi connectivity index (χ3v) is 3.20. The van der Waals surface area contributed by atoms with Gasteiger partial charge in [-0.1, -0.05) is 0 Å². The second kappa shape index (κ2) is 4.43. The number of aliphatic hydroxyl groups is 1. The second-order valence-electron chi connectivity index (χ2n) is 4.64. The molecule has 0 radical (unpaired) electrons. The molecule has 19 heavy (non-hydrogen) atoms. The molecule has 1 fully saturated rings. The number of hydrogen-bond acceptors (Lipinski definition) is 5. The van der Waals surface area contributed by atoms with E-state index in [1.165, 1.54) is 23.5 Å². The number of rotatable bonds is 4. The molecule has 7 nitrogen and oxygen atoms in total. The minimum absolute atomic E-state index is 0.0246. The first-order valence-electron chi connectivity index (χ1n) is 5.97. The third-order valence-electron chi connectivity index (χ3n) is 3.20. The van der Waals surface area contributed by atoms with Gasteiger partial charge in [0.25, 0.3) is 5.91 Å². The highest BCUT2D eigenvalue weighted by atomic mass is 16.3. The van der Waals surface area contributed by atoms with Crippen molar-refractivity contribution in [2.24, 2.45) is 0 Å². The van der Waals surface area contributed by atoms with Crippen LogP contribution in [0.25, 0.3) is 5.82 Å². The predicted octanol–water partition coefficient (Wildman–Crippen LogP) is -0.0830. The van der Waals surface area contributed by atoms with Crippen molar-refractivity contribution in [1.82, 2.24) is 25.1 Å². The molecule has 2 N–H and O–H groups in total. The minimum atomic E-state index is -0.415. The maximum atomic E-state index is 12.0. The van der Waals surface area contributed by atoms with Gasteiger partial charge < -0.3 is 10.4 Å². The van der Waals surface area contributed by atoms with Crippen LogP contribution in [0.5, 0.6) is 0 Å². The zero-order valence-electron chi connectivity index (χ0n) is 10.2. The lowest BCUT2D eigenvalue weighted by molar-refractivity contribution is 0.0906. The SMILES string of the molecule is O=C(NC1(CO)CC1)c1ccc(-n2cncn2)nc1. The Balaban J connectivity index is 1.74. The number of aliphatic hydroxyl groups excluding tert-OH is 1. The van der Waals surface area contributed by atoms with Crippen LogP contribution in [0.3, 0.4) is 0 Å². The molecule has 2 heterocycles. The lowest BCUT2D eigenvalue weighted by atomic mass is 10.2. The Hall–Kier alpha value is -2.28. The predicted molar refractivity (Wildman–Crippen MR) is 65.7 cm³/mol. The van der Waals surface area contributed by atoms with E-state index in [-0.39, 0.29) is 12.5 Å². The highest BCUT2D eigenvalue weighted by Gasteiger charge is 2.43. The first-order chi connectivity index (χ1) is 9.22. The average molecular weight is 259 g/mol.